The number of carbonyl (C=O) groups is 1. The molecule has 0 atom stereocenters. The second-order valence-corrected chi connectivity index (χ2v) is 3.49. The molecule has 0 saturated carbocycles. The van der Waals surface area contributed by atoms with Crippen molar-refractivity contribution in [1.82, 2.24) is 4.98 Å². The molecule has 4 nitrogen and oxygen atoms in total. The number of benzene rings is 1. The molecule has 0 spiro atoms. The third-order valence-electron chi connectivity index (χ3n) is 2.42. The highest BCUT2D eigenvalue weighted by Gasteiger charge is 2.11. The Morgan fingerprint density at radius 3 is 2.53 bits per heavy atom. The van der Waals surface area contributed by atoms with Gasteiger partial charge in [0.05, 0.1) is 7.11 Å². The topological polar surface area (TPSA) is 59.2 Å². The smallest absolute Gasteiger partial charge is 0.343 e. The molecular formula is C13H11NO3. The molecule has 0 amide bonds. The van der Waals surface area contributed by atoms with E-state index in [1.807, 2.05) is 30.3 Å². The average Bonchev–Trinajstić information content (AvgIpc) is 2.39. The van der Waals surface area contributed by atoms with Crippen molar-refractivity contribution in [2.24, 2.45) is 0 Å². The summed E-state index contributed by atoms with van der Waals surface area (Å²) < 4.78 is 4.55. The van der Waals surface area contributed by atoms with Crippen LogP contribution in [-0.2, 0) is 4.74 Å². The first-order valence-corrected chi connectivity index (χ1v) is 5.09. The van der Waals surface area contributed by atoms with Crippen molar-refractivity contribution >= 4 is 5.97 Å². The molecule has 0 fully saturated rings. The highest BCUT2D eigenvalue weighted by atomic mass is 16.5. The van der Waals surface area contributed by atoms with E-state index in [-0.39, 0.29) is 5.56 Å². The minimum absolute atomic E-state index is 0.00820. The Hall–Kier alpha value is -2.36. The van der Waals surface area contributed by atoms with E-state index in [2.05, 4.69) is 9.72 Å². The van der Waals surface area contributed by atoms with Crippen molar-refractivity contribution in [1.29, 1.82) is 0 Å². The number of hydrogen-bond donors (Lipinski definition) is 1. The highest BCUT2D eigenvalue weighted by Crippen LogP contribution is 2.17. The molecule has 2 aromatic rings. The minimum Gasteiger partial charge on any atom is -0.465 e. The Morgan fingerprint density at radius 1 is 1.18 bits per heavy atom. The summed E-state index contributed by atoms with van der Waals surface area (Å²) in [7, 11) is 1.25. The fourth-order valence-corrected chi connectivity index (χ4v) is 1.54. The third-order valence-corrected chi connectivity index (χ3v) is 2.42. The van der Waals surface area contributed by atoms with Gasteiger partial charge in [-0.1, -0.05) is 30.3 Å². The SMILES string of the molecule is COC(=O)c1cc(-c2ccccc2)c[nH]c1=O. The number of aromatic amines is 1. The first-order valence-electron chi connectivity index (χ1n) is 5.09. The van der Waals surface area contributed by atoms with Crippen molar-refractivity contribution in [3.05, 3.63) is 58.5 Å². The quantitative estimate of drug-likeness (QED) is 0.799. The molecule has 0 aliphatic rings. The van der Waals surface area contributed by atoms with Gasteiger partial charge in [-0.15, -0.1) is 0 Å². The molecular weight excluding hydrogens is 218 g/mol. The first kappa shape index (κ1) is 11.1. The van der Waals surface area contributed by atoms with E-state index in [9.17, 15) is 9.59 Å². The zero-order chi connectivity index (χ0) is 12.3. The van der Waals surface area contributed by atoms with E-state index >= 15 is 0 Å². The summed E-state index contributed by atoms with van der Waals surface area (Å²) in [6.45, 7) is 0. The van der Waals surface area contributed by atoms with Crippen LogP contribution in [-0.4, -0.2) is 18.1 Å². The monoisotopic (exact) mass is 229 g/mol. The van der Waals surface area contributed by atoms with Gasteiger partial charge in [0.15, 0.2) is 0 Å². The molecule has 0 radical (unpaired) electrons. The normalized spacial score (nSPS) is 9.94. The predicted octanol–water partition coefficient (Wildman–Crippen LogP) is 1.83. The molecule has 17 heavy (non-hydrogen) atoms. The summed E-state index contributed by atoms with van der Waals surface area (Å²) >= 11 is 0. The molecule has 0 aliphatic carbocycles. The average molecular weight is 229 g/mol. The number of methoxy groups -OCH3 is 1. The third kappa shape index (κ3) is 2.25. The van der Waals surface area contributed by atoms with Gasteiger partial charge < -0.3 is 9.72 Å². The van der Waals surface area contributed by atoms with Gasteiger partial charge in [0, 0.05) is 6.20 Å². The van der Waals surface area contributed by atoms with E-state index in [0.29, 0.717) is 0 Å². The van der Waals surface area contributed by atoms with E-state index in [1.54, 1.807) is 6.20 Å². The second-order valence-electron chi connectivity index (χ2n) is 3.49. The van der Waals surface area contributed by atoms with E-state index in [4.69, 9.17) is 0 Å². The van der Waals surface area contributed by atoms with Gasteiger partial charge in [0.1, 0.15) is 5.56 Å². The van der Waals surface area contributed by atoms with Crippen LogP contribution in [0.15, 0.2) is 47.4 Å². The van der Waals surface area contributed by atoms with Gasteiger partial charge in [0.25, 0.3) is 5.56 Å². The van der Waals surface area contributed by atoms with Crippen molar-refractivity contribution in [3.63, 3.8) is 0 Å². The highest BCUT2D eigenvalue weighted by molar-refractivity contribution is 5.90. The molecule has 1 aromatic heterocycles. The first-order chi connectivity index (χ1) is 8.22. The fraction of sp³-hybridized carbons (Fsp3) is 0.0769. The number of aromatic nitrogens is 1. The fourth-order valence-electron chi connectivity index (χ4n) is 1.54. The standard InChI is InChI=1S/C13H11NO3/c1-17-13(16)11-7-10(8-14-12(11)15)9-5-3-2-4-6-9/h2-8H,1H3,(H,14,15). The molecule has 1 N–H and O–H groups in total. The van der Waals surface area contributed by atoms with Crippen LogP contribution in [0.25, 0.3) is 11.1 Å². The number of esters is 1. The maximum absolute atomic E-state index is 11.4. The Kier molecular flexibility index (Phi) is 3.05. The zero-order valence-electron chi connectivity index (χ0n) is 9.27. The lowest BCUT2D eigenvalue weighted by Crippen LogP contribution is -2.18. The number of pyridine rings is 1. The Labute approximate surface area is 97.9 Å². The van der Waals surface area contributed by atoms with Crippen molar-refractivity contribution in [2.45, 2.75) is 0 Å². The van der Waals surface area contributed by atoms with Crippen LogP contribution >= 0.6 is 0 Å². The summed E-state index contributed by atoms with van der Waals surface area (Å²) in [6.07, 6.45) is 1.57. The van der Waals surface area contributed by atoms with Gasteiger partial charge >= 0.3 is 5.97 Å². The molecule has 1 aromatic carbocycles. The van der Waals surface area contributed by atoms with Crippen LogP contribution in [0, 0.1) is 0 Å². The summed E-state index contributed by atoms with van der Waals surface area (Å²) in [4.78, 5) is 25.3. The predicted molar refractivity (Wildman–Crippen MR) is 63.8 cm³/mol. The van der Waals surface area contributed by atoms with Crippen molar-refractivity contribution in [2.75, 3.05) is 7.11 Å². The Morgan fingerprint density at radius 2 is 1.88 bits per heavy atom. The van der Waals surface area contributed by atoms with Gasteiger partial charge in [-0.3, -0.25) is 4.79 Å². The van der Waals surface area contributed by atoms with Crippen LogP contribution in [0.2, 0.25) is 0 Å². The van der Waals surface area contributed by atoms with Gasteiger partial charge in [0.2, 0.25) is 0 Å². The van der Waals surface area contributed by atoms with E-state index in [1.165, 1.54) is 13.2 Å². The number of rotatable bonds is 2. The van der Waals surface area contributed by atoms with Crippen LogP contribution in [0.4, 0.5) is 0 Å². The largest absolute Gasteiger partial charge is 0.465 e. The Bertz CT molecular complexity index is 587. The van der Waals surface area contributed by atoms with Crippen molar-refractivity contribution < 1.29 is 9.53 Å². The van der Waals surface area contributed by atoms with Crippen LogP contribution in [0.3, 0.4) is 0 Å². The molecule has 0 unspecified atom stereocenters. The van der Waals surface area contributed by atoms with Gasteiger partial charge in [-0.05, 0) is 17.2 Å². The van der Waals surface area contributed by atoms with Crippen LogP contribution < -0.4 is 5.56 Å². The van der Waals surface area contributed by atoms with Gasteiger partial charge in [-0.25, -0.2) is 4.79 Å². The van der Waals surface area contributed by atoms with E-state index in [0.717, 1.165) is 11.1 Å². The molecule has 4 heteroatoms. The minimum atomic E-state index is -0.635. The van der Waals surface area contributed by atoms with Crippen molar-refractivity contribution in [3.8, 4) is 11.1 Å². The number of H-pyrrole nitrogens is 1. The molecule has 2 rings (SSSR count). The lowest BCUT2D eigenvalue weighted by atomic mass is 10.1. The van der Waals surface area contributed by atoms with Crippen LogP contribution in [0.5, 0.6) is 0 Å². The summed E-state index contributed by atoms with van der Waals surface area (Å²) in [5.41, 5.74) is 1.25. The molecule has 0 saturated heterocycles. The Balaban J connectivity index is 2.52. The van der Waals surface area contributed by atoms with E-state index < -0.39 is 11.5 Å². The maximum Gasteiger partial charge on any atom is 0.343 e. The molecule has 0 aliphatic heterocycles. The maximum atomic E-state index is 11.4. The zero-order valence-corrected chi connectivity index (χ0v) is 9.27. The number of carbonyl (C=O) groups excluding carboxylic acids is 1. The lowest BCUT2D eigenvalue weighted by Gasteiger charge is -2.03. The summed E-state index contributed by atoms with van der Waals surface area (Å²) in [5.74, 6) is -0.635. The molecule has 86 valence electrons. The summed E-state index contributed by atoms with van der Waals surface area (Å²) in [6, 6.07) is 11.0. The molecule has 0 bridgehead atoms. The number of ether oxygens (including phenoxy) is 1. The van der Waals surface area contributed by atoms with Gasteiger partial charge in [-0.2, -0.15) is 0 Å². The number of nitrogens with one attached hydrogen (secondary N) is 1. The summed E-state index contributed by atoms with van der Waals surface area (Å²) in [5, 5.41) is 0. The lowest BCUT2D eigenvalue weighted by molar-refractivity contribution is 0.0598. The number of hydrogen-bond acceptors (Lipinski definition) is 3. The second kappa shape index (κ2) is 4.65. The van der Waals surface area contributed by atoms with Crippen LogP contribution in [0.1, 0.15) is 10.4 Å². The molecule has 1 heterocycles.